The van der Waals surface area contributed by atoms with E-state index in [4.69, 9.17) is 0 Å². The molecule has 3 rings (SSSR count). The van der Waals surface area contributed by atoms with Crippen LogP contribution in [0.15, 0.2) is 36.7 Å². The quantitative estimate of drug-likeness (QED) is 0.842. The Bertz CT molecular complexity index is 775. The van der Waals surface area contributed by atoms with Gasteiger partial charge in [0.25, 0.3) is 5.91 Å². The molecule has 27 heavy (non-hydrogen) atoms. The van der Waals surface area contributed by atoms with Gasteiger partial charge in [0.2, 0.25) is 0 Å². The Morgan fingerprint density at radius 3 is 2.52 bits per heavy atom. The number of hydrogen-bond donors (Lipinski definition) is 1. The van der Waals surface area contributed by atoms with E-state index in [0.29, 0.717) is 11.5 Å². The number of carbonyl (C=O) groups is 1. The smallest absolute Gasteiger partial charge is 0.339 e. The van der Waals surface area contributed by atoms with Gasteiger partial charge < -0.3 is 10.2 Å². The molecule has 8 heteroatoms. The van der Waals surface area contributed by atoms with E-state index in [1.807, 2.05) is 4.90 Å². The molecule has 1 N–H and O–H groups in total. The van der Waals surface area contributed by atoms with Gasteiger partial charge in [-0.3, -0.25) is 4.79 Å². The van der Waals surface area contributed by atoms with Crippen LogP contribution in [0.2, 0.25) is 0 Å². The molecule has 1 saturated heterocycles. The van der Waals surface area contributed by atoms with Crippen LogP contribution in [0.25, 0.3) is 0 Å². The van der Waals surface area contributed by atoms with Crippen molar-refractivity contribution in [1.29, 1.82) is 0 Å². The molecule has 5 nitrogen and oxygen atoms in total. The zero-order chi connectivity index (χ0) is 19.4. The summed E-state index contributed by atoms with van der Waals surface area (Å²) >= 11 is 0. The summed E-state index contributed by atoms with van der Waals surface area (Å²) in [6.45, 7) is 2.80. The molecule has 1 amide bonds. The lowest BCUT2D eigenvalue weighted by molar-refractivity contribution is -0.137. The number of halogens is 3. The van der Waals surface area contributed by atoms with E-state index >= 15 is 0 Å². The second kappa shape index (κ2) is 7.94. The molecule has 1 unspecified atom stereocenters. The zero-order valence-corrected chi connectivity index (χ0v) is 15.0. The van der Waals surface area contributed by atoms with Gasteiger partial charge in [-0.1, -0.05) is 6.92 Å². The number of alkyl halides is 3. The van der Waals surface area contributed by atoms with E-state index in [2.05, 4.69) is 22.2 Å². The fourth-order valence-electron chi connectivity index (χ4n) is 3.23. The van der Waals surface area contributed by atoms with Crippen molar-refractivity contribution < 1.29 is 18.0 Å². The molecule has 0 spiro atoms. The van der Waals surface area contributed by atoms with Crippen LogP contribution in [0.5, 0.6) is 0 Å². The molecule has 1 aliphatic rings. The summed E-state index contributed by atoms with van der Waals surface area (Å²) in [6, 6.07) is 4.87. The van der Waals surface area contributed by atoms with E-state index in [9.17, 15) is 18.0 Å². The van der Waals surface area contributed by atoms with Crippen LogP contribution in [0.1, 0.15) is 48.7 Å². The minimum absolute atomic E-state index is 0.130. The van der Waals surface area contributed by atoms with E-state index in [-0.39, 0.29) is 17.6 Å². The Hall–Kier alpha value is -2.64. The number of carbonyl (C=O) groups excluding carboxylic acids is 1. The number of rotatable bonds is 4. The molecule has 0 bridgehead atoms. The van der Waals surface area contributed by atoms with Gasteiger partial charge in [-0.15, -0.1) is 0 Å². The van der Waals surface area contributed by atoms with Gasteiger partial charge in [0, 0.05) is 18.3 Å². The summed E-state index contributed by atoms with van der Waals surface area (Å²) in [7, 11) is 0. The van der Waals surface area contributed by atoms with Crippen molar-refractivity contribution in [2.45, 2.75) is 44.8 Å². The average molecular weight is 378 g/mol. The first-order valence-corrected chi connectivity index (χ1v) is 8.96. The van der Waals surface area contributed by atoms with Gasteiger partial charge >= 0.3 is 6.18 Å². The number of anilines is 2. The van der Waals surface area contributed by atoms with Gasteiger partial charge in [0.15, 0.2) is 0 Å². The number of nitrogens with zero attached hydrogens (tertiary/aromatic N) is 3. The standard InChI is InChI=1S/C19H21F3N4O/c1-2-15-5-3-4-10-26(15)18(27)16-11-24-17(12-23-16)25-14-8-6-13(7-9-14)19(20,21)22/h6-9,11-12,15H,2-5,10H2,1H3,(H,24,25). The maximum atomic E-state index is 12.7. The lowest BCUT2D eigenvalue weighted by Crippen LogP contribution is -2.43. The number of benzene rings is 1. The third-order valence-corrected chi connectivity index (χ3v) is 4.71. The number of amides is 1. The predicted octanol–water partition coefficient (Wildman–Crippen LogP) is 4.64. The zero-order valence-electron chi connectivity index (χ0n) is 15.0. The van der Waals surface area contributed by atoms with Crippen molar-refractivity contribution in [1.82, 2.24) is 14.9 Å². The topological polar surface area (TPSA) is 58.1 Å². The SMILES string of the molecule is CCC1CCCCN1C(=O)c1cnc(Nc2ccc(C(F)(F)F)cc2)cn1. The van der Waals surface area contributed by atoms with Crippen LogP contribution >= 0.6 is 0 Å². The van der Waals surface area contributed by atoms with Crippen molar-refractivity contribution in [3.05, 3.63) is 47.9 Å². The fourth-order valence-corrected chi connectivity index (χ4v) is 3.23. The number of hydrogen-bond acceptors (Lipinski definition) is 4. The summed E-state index contributed by atoms with van der Waals surface area (Å²) in [4.78, 5) is 22.9. The Morgan fingerprint density at radius 2 is 1.93 bits per heavy atom. The highest BCUT2D eigenvalue weighted by atomic mass is 19.4. The van der Waals surface area contributed by atoms with E-state index in [0.717, 1.165) is 44.4 Å². The summed E-state index contributed by atoms with van der Waals surface area (Å²) in [5, 5.41) is 2.88. The van der Waals surface area contributed by atoms with E-state index in [1.54, 1.807) is 0 Å². The van der Waals surface area contributed by atoms with Crippen molar-refractivity contribution >= 4 is 17.4 Å². The maximum Gasteiger partial charge on any atom is 0.416 e. The van der Waals surface area contributed by atoms with E-state index < -0.39 is 11.7 Å². The third kappa shape index (κ3) is 4.56. The molecular formula is C19H21F3N4O. The monoisotopic (exact) mass is 378 g/mol. The molecule has 2 aromatic rings. The maximum absolute atomic E-state index is 12.7. The first-order valence-electron chi connectivity index (χ1n) is 8.96. The Morgan fingerprint density at radius 1 is 1.19 bits per heavy atom. The number of piperidine rings is 1. The lowest BCUT2D eigenvalue weighted by Gasteiger charge is -2.34. The van der Waals surface area contributed by atoms with Crippen LogP contribution in [-0.2, 0) is 6.18 Å². The number of aromatic nitrogens is 2. The highest BCUT2D eigenvalue weighted by Crippen LogP contribution is 2.30. The lowest BCUT2D eigenvalue weighted by atomic mass is 10.00. The van der Waals surface area contributed by atoms with E-state index in [1.165, 1.54) is 24.5 Å². The fraction of sp³-hybridized carbons (Fsp3) is 0.421. The Kier molecular flexibility index (Phi) is 5.62. The number of nitrogens with one attached hydrogen (secondary N) is 1. The molecule has 0 aliphatic carbocycles. The minimum Gasteiger partial charge on any atom is -0.339 e. The van der Waals surface area contributed by atoms with Gasteiger partial charge in [0.05, 0.1) is 18.0 Å². The van der Waals surface area contributed by atoms with Crippen molar-refractivity contribution in [3.63, 3.8) is 0 Å². The largest absolute Gasteiger partial charge is 0.416 e. The summed E-state index contributed by atoms with van der Waals surface area (Å²) in [5.41, 5.74) is 0.0128. The third-order valence-electron chi connectivity index (χ3n) is 4.71. The normalized spacial score (nSPS) is 17.6. The highest BCUT2D eigenvalue weighted by molar-refractivity contribution is 5.92. The Labute approximate surface area is 155 Å². The van der Waals surface area contributed by atoms with Crippen LogP contribution in [-0.4, -0.2) is 33.4 Å². The molecule has 2 heterocycles. The number of likely N-dealkylation sites (tertiary alicyclic amines) is 1. The molecule has 144 valence electrons. The molecule has 1 fully saturated rings. The molecule has 1 aromatic heterocycles. The van der Waals surface area contributed by atoms with Crippen molar-refractivity contribution in [2.24, 2.45) is 0 Å². The highest BCUT2D eigenvalue weighted by Gasteiger charge is 2.30. The van der Waals surface area contributed by atoms with Crippen LogP contribution in [0.3, 0.4) is 0 Å². The minimum atomic E-state index is -4.37. The van der Waals surface area contributed by atoms with Crippen LogP contribution in [0.4, 0.5) is 24.7 Å². The first kappa shape index (κ1) is 19.1. The summed E-state index contributed by atoms with van der Waals surface area (Å²) < 4.78 is 37.8. The van der Waals surface area contributed by atoms with Crippen molar-refractivity contribution in [2.75, 3.05) is 11.9 Å². The van der Waals surface area contributed by atoms with Crippen LogP contribution < -0.4 is 5.32 Å². The molecule has 1 aliphatic heterocycles. The average Bonchev–Trinajstić information content (AvgIpc) is 2.68. The summed E-state index contributed by atoms with van der Waals surface area (Å²) in [6.07, 6.45) is 2.47. The predicted molar refractivity (Wildman–Crippen MR) is 95.7 cm³/mol. The first-order chi connectivity index (χ1) is 12.9. The molecule has 1 aromatic carbocycles. The van der Waals surface area contributed by atoms with Gasteiger partial charge in [-0.05, 0) is 49.9 Å². The molecule has 0 radical (unpaired) electrons. The van der Waals surface area contributed by atoms with Gasteiger partial charge in [0.1, 0.15) is 11.5 Å². The Balaban J connectivity index is 1.67. The van der Waals surface area contributed by atoms with Gasteiger partial charge in [-0.2, -0.15) is 13.2 Å². The van der Waals surface area contributed by atoms with Crippen LogP contribution in [0, 0.1) is 0 Å². The molecule has 1 atom stereocenters. The van der Waals surface area contributed by atoms with Gasteiger partial charge in [-0.25, -0.2) is 9.97 Å². The molecule has 0 saturated carbocycles. The second-order valence-electron chi connectivity index (χ2n) is 6.54. The molecular weight excluding hydrogens is 357 g/mol. The summed E-state index contributed by atoms with van der Waals surface area (Å²) in [5.74, 6) is 0.229. The second-order valence-corrected chi connectivity index (χ2v) is 6.54. The van der Waals surface area contributed by atoms with Crippen molar-refractivity contribution in [3.8, 4) is 0 Å².